The van der Waals surface area contributed by atoms with Gasteiger partial charge in [-0.2, -0.15) is 0 Å². The van der Waals surface area contributed by atoms with E-state index < -0.39 is 0 Å². The molecule has 0 aromatic heterocycles. The fraction of sp³-hybridized carbons (Fsp3) is 0.929. The number of hydrogen-bond donors (Lipinski definition) is 1. The van der Waals surface area contributed by atoms with Gasteiger partial charge in [0.15, 0.2) is 0 Å². The van der Waals surface area contributed by atoms with Gasteiger partial charge in [0.05, 0.1) is 7.11 Å². The standard InChI is InChI=1S/C14H26N2O2/c1-3-12-6-4-7-14(12,13(17)18-2)16-10-5-8-15-9-11-16/h12,15H,3-11H2,1-2H3. The first-order valence-corrected chi connectivity index (χ1v) is 7.30. The minimum atomic E-state index is -0.338. The molecule has 2 rings (SSSR count). The van der Waals surface area contributed by atoms with Crippen LogP contribution in [0, 0.1) is 5.92 Å². The van der Waals surface area contributed by atoms with Crippen molar-refractivity contribution in [2.24, 2.45) is 5.92 Å². The van der Waals surface area contributed by atoms with E-state index in [0.717, 1.165) is 58.3 Å². The van der Waals surface area contributed by atoms with Crippen LogP contribution in [0.3, 0.4) is 0 Å². The van der Waals surface area contributed by atoms with Gasteiger partial charge < -0.3 is 10.1 Å². The largest absolute Gasteiger partial charge is 0.468 e. The number of carbonyl (C=O) groups is 1. The predicted molar refractivity (Wildman–Crippen MR) is 71.4 cm³/mol. The summed E-state index contributed by atoms with van der Waals surface area (Å²) in [6.45, 7) is 6.22. The Hall–Kier alpha value is -0.610. The van der Waals surface area contributed by atoms with Gasteiger partial charge in [0.1, 0.15) is 5.54 Å². The zero-order chi connectivity index (χ0) is 13.0. The van der Waals surface area contributed by atoms with Gasteiger partial charge in [-0.05, 0) is 31.7 Å². The third-order valence-electron chi connectivity index (χ3n) is 4.72. The van der Waals surface area contributed by atoms with Crippen molar-refractivity contribution in [3.63, 3.8) is 0 Å². The van der Waals surface area contributed by atoms with Crippen molar-refractivity contribution in [2.45, 2.75) is 44.6 Å². The molecule has 0 aromatic carbocycles. The summed E-state index contributed by atoms with van der Waals surface area (Å²) in [5.74, 6) is 0.455. The molecule has 4 heteroatoms. The van der Waals surface area contributed by atoms with Crippen molar-refractivity contribution in [1.82, 2.24) is 10.2 Å². The van der Waals surface area contributed by atoms with Crippen molar-refractivity contribution >= 4 is 5.97 Å². The highest BCUT2D eigenvalue weighted by atomic mass is 16.5. The minimum Gasteiger partial charge on any atom is -0.468 e. The average Bonchev–Trinajstić information content (AvgIpc) is 2.65. The summed E-state index contributed by atoms with van der Waals surface area (Å²) in [6.07, 6.45) is 5.47. The Labute approximate surface area is 110 Å². The molecular formula is C14H26N2O2. The Balaban J connectivity index is 2.25. The van der Waals surface area contributed by atoms with Crippen molar-refractivity contribution in [2.75, 3.05) is 33.3 Å². The minimum absolute atomic E-state index is 0.00579. The number of nitrogens with zero attached hydrogens (tertiary/aromatic N) is 1. The van der Waals surface area contributed by atoms with Crippen molar-refractivity contribution in [1.29, 1.82) is 0 Å². The summed E-state index contributed by atoms with van der Waals surface area (Å²) in [6, 6.07) is 0. The topological polar surface area (TPSA) is 41.6 Å². The lowest BCUT2D eigenvalue weighted by atomic mass is 9.83. The fourth-order valence-corrected chi connectivity index (χ4v) is 3.84. The van der Waals surface area contributed by atoms with E-state index in [1.807, 2.05) is 0 Å². The molecule has 1 saturated carbocycles. The van der Waals surface area contributed by atoms with E-state index >= 15 is 0 Å². The lowest BCUT2D eigenvalue weighted by Crippen LogP contribution is -2.58. The third kappa shape index (κ3) is 2.28. The van der Waals surface area contributed by atoms with Gasteiger partial charge in [0, 0.05) is 19.6 Å². The molecule has 1 saturated heterocycles. The van der Waals surface area contributed by atoms with Crippen LogP contribution in [0.25, 0.3) is 0 Å². The highest BCUT2D eigenvalue weighted by Gasteiger charge is 2.52. The summed E-state index contributed by atoms with van der Waals surface area (Å²) in [5.41, 5.74) is -0.338. The zero-order valence-electron chi connectivity index (χ0n) is 11.7. The number of esters is 1. The van der Waals surface area contributed by atoms with Crippen LogP contribution in [0.1, 0.15) is 39.0 Å². The van der Waals surface area contributed by atoms with Gasteiger partial charge in [-0.25, -0.2) is 0 Å². The molecule has 1 N–H and O–H groups in total. The second kappa shape index (κ2) is 6.02. The molecule has 0 spiro atoms. The third-order valence-corrected chi connectivity index (χ3v) is 4.72. The molecule has 4 nitrogen and oxygen atoms in total. The van der Waals surface area contributed by atoms with Gasteiger partial charge in [-0.1, -0.05) is 19.8 Å². The lowest BCUT2D eigenvalue weighted by molar-refractivity contribution is -0.158. The molecule has 2 aliphatic rings. The average molecular weight is 254 g/mol. The summed E-state index contributed by atoms with van der Waals surface area (Å²) in [4.78, 5) is 14.8. The first-order valence-electron chi connectivity index (χ1n) is 7.30. The van der Waals surface area contributed by atoms with Crippen LogP contribution in [-0.2, 0) is 9.53 Å². The maximum atomic E-state index is 12.4. The summed E-state index contributed by atoms with van der Waals surface area (Å²) in [5, 5.41) is 3.41. The van der Waals surface area contributed by atoms with E-state index in [-0.39, 0.29) is 11.5 Å². The van der Waals surface area contributed by atoms with Crippen molar-refractivity contribution in [3.8, 4) is 0 Å². The van der Waals surface area contributed by atoms with Crippen LogP contribution >= 0.6 is 0 Å². The maximum Gasteiger partial charge on any atom is 0.326 e. The molecule has 0 aromatic rings. The number of rotatable bonds is 3. The number of carbonyl (C=O) groups excluding carboxylic acids is 1. The van der Waals surface area contributed by atoms with Crippen LogP contribution in [0.2, 0.25) is 0 Å². The molecule has 104 valence electrons. The van der Waals surface area contributed by atoms with E-state index in [1.165, 1.54) is 7.11 Å². The Morgan fingerprint density at radius 2 is 2.22 bits per heavy atom. The van der Waals surface area contributed by atoms with Gasteiger partial charge >= 0.3 is 5.97 Å². The predicted octanol–water partition coefficient (Wildman–Crippen LogP) is 1.40. The highest BCUT2D eigenvalue weighted by molar-refractivity contribution is 5.81. The molecule has 2 atom stereocenters. The number of hydrogen-bond acceptors (Lipinski definition) is 4. The second-order valence-corrected chi connectivity index (χ2v) is 5.50. The van der Waals surface area contributed by atoms with E-state index in [2.05, 4.69) is 17.1 Å². The molecule has 1 aliphatic heterocycles. The van der Waals surface area contributed by atoms with Crippen molar-refractivity contribution < 1.29 is 9.53 Å². The number of methoxy groups -OCH3 is 1. The van der Waals surface area contributed by atoms with E-state index in [9.17, 15) is 4.79 Å². The maximum absolute atomic E-state index is 12.4. The van der Waals surface area contributed by atoms with E-state index in [1.54, 1.807) is 0 Å². The first kappa shape index (κ1) is 13.8. The monoisotopic (exact) mass is 254 g/mol. The van der Waals surface area contributed by atoms with Gasteiger partial charge in [-0.3, -0.25) is 9.69 Å². The number of ether oxygens (including phenoxy) is 1. The molecule has 1 aliphatic carbocycles. The van der Waals surface area contributed by atoms with Gasteiger partial charge in [-0.15, -0.1) is 0 Å². The second-order valence-electron chi connectivity index (χ2n) is 5.50. The van der Waals surface area contributed by atoms with Gasteiger partial charge in [0.2, 0.25) is 0 Å². The first-order chi connectivity index (χ1) is 8.75. The van der Waals surface area contributed by atoms with E-state index in [4.69, 9.17) is 4.74 Å². The molecular weight excluding hydrogens is 228 g/mol. The normalized spacial score (nSPS) is 34.2. The summed E-state index contributed by atoms with van der Waals surface area (Å²) < 4.78 is 5.16. The van der Waals surface area contributed by atoms with Crippen LogP contribution in [-0.4, -0.2) is 49.7 Å². The summed E-state index contributed by atoms with van der Waals surface area (Å²) >= 11 is 0. The SMILES string of the molecule is CCC1CCCC1(C(=O)OC)N1CCCNCC1. The molecule has 18 heavy (non-hydrogen) atoms. The Morgan fingerprint density at radius 3 is 2.94 bits per heavy atom. The molecule has 0 bridgehead atoms. The Kier molecular flexibility index (Phi) is 4.62. The Morgan fingerprint density at radius 1 is 1.39 bits per heavy atom. The molecule has 1 heterocycles. The Bertz CT molecular complexity index is 288. The lowest BCUT2D eigenvalue weighted by Gasteiger charge is -2.42. The molecule has 2 unspecified atom stereocenters. The van der Waals surface area contributed by atoms with Crippen LogP contribution in [0.4, 0.5) is 0 Å². The van der Waals surface area contributed by atoms with Gasteiger partial charge in [0.25, 0.3) is 0 Å². The van der Waals surface area contributed by atoms with Crippen LogP contribution in [0.5, 0.6) is 0 Å². The van der Waals surface area contributed by atoms with E-state index in [0.29, 0.717) is 5.92 Å². The van der Waals surface area contributed by atoms with Crippen molar-refractivity contribution in [3.05, 3.63) is 0 Å². The van der Waals surface area contributed by atoms with Crippen LogP contribution in [0.15, 0.2) is 0 Å². The zero-order valence-corrected chi connectivity index (χ0v) is 11.7. The quantitative estimate of drug-likeness (QED) is 0.773. The fourth-order valence-electron chi connectivity index (χ4n) is 3.84. The van der Waals surface area contributed by atoms with Crippen LogP contribution < -0.4 is 5.32 Å². The molecule has 0 amide bonds. The molecule has 0 radical (unpaired) electrons. The molecule has 2 fully saturated rings. The number of nitrogens with one attached hydrogen (secondary N) is 1. The smallest absolute Gasteiger partial charge is 0.326 e. The summed E-state index contributed by atoms with van der Waals surface area (Å²) in [7, 11) is 1.53. The highest BCUT2D eigenvalue weighted by Crippen LogP contribution is 2.43.